The van der Waals surface area contributed by atoms with Crippen LogP contribution in [0.4, 0.5) is 10.5 Å². The Morgan fingerprint density at radius 3 is 2.29 bits per heavy atom. The Kier molecular flexibility index (Phi) is 6.84. The van der Waals surface area contributed by atoms with E-state index in [9.17, 15) is 4.79 Å². The number of anilines is 1. The molecule has 0 radical (unpaired) electrons. The molecule has 28 heavy (non-hydrogen) atoms. The number of ether oxygens (including phenoxy) is 1. The first-order valence-electron chi connectivity index (χ1n) is 9.99. The van der Waals surface area contributed by atoms with Crippen LogP contribution >= 0.6 is 0 Å². The van der Waals surface area contributed by atoms with E-state index in [-0.39, 0.29) is 6.09 Å². The van der Waals surface area contributed by atoms with Gasteiger partial charge in [0.25, 0.3) is 0 Å². The van der Waals surface area contributed by atoms with E-state index >= 15 is 0 Å². The summed E-state index contributed by atoms with van der Waals surface area (Å²) >= 11 is 0. The van der Waals surface area contributed by atoms with Crippen molar-refractivity contribution in [3.05, 3.63) is 28.8 Å². The summed E-state index contributed by atoms with van der Waals surface area (Å²) < 4.78 is 5.50. The topological polar surface area (TPSA) is 58.8 Å². The molecule has 1 aliphatic heterocycles. The summed E-state index contributed by atoms with van der Waals surface area (Å²) in [5.41, 5.74) is 13.5. The van der Waals surface area contributed by atoms with Gasteiger partial charge in [-0.2, -0.15) is 0 Å². The van der Waals surface area contributed by atoms with Crippen molar-refractivity contribution in [2.75, 3.05) is 31.1 Å². The SMILES string of the molecule is Cc1c(C#C[Si](C)(C)C)cc(CN)cc1N1CCN(C(=O)OC(C)(C)C)CC1. The van der Waals surface area contributed by atoms with Crippen molar-refractivity contribution in [3.8, 4) is 11.5 Å². The number of nitrogens with two attached hydrogens (primary N) is 1. The molecule has 1 heterocycles. The summed E-state index contributed by atoms with van der Waals surface area (Å²) in [6.45, 7) is 17.9. The molecule has 0 atom stereocenters. The third kappa shape index (κ3) is 6.28. The third-order valence-corrected chi connectivity index (χ3v) is 5.39. The fourth-order valence-corrected chi connectivity index (χ4v) is 3.55. The van der Waals surface area contributed by atoms with Crippen molar-refractivity contribution < 1.29 is 9.53 Å². The van der Waals surface area contributed by atoms with Crippen LogP contribution in [0, 0.1) is 18.4 Å². The average Bonchev–Trinajstić information content (AvgIpc) is 2.59. The molecule has 1 saturated heterocycles. The van der Waals surface area contributed by atoms with Crippen LogP contribution in [0.5, 0.6) is 0 Å². The standard InChI is InChI=1S/C22H35N3O2Si/c1-17-19(8-13-28(5,6)7)14-18(16-23)15-20(17)24-9-11-25(12-10-24)21(26)27-22(2,3)4/h14-15H,9-12,16,23H2,1-7H3. The molecule has 1 aromatic rings. The van der Waals surface area contributed by atoms with Crippen LogP contribution in [0.25, 0.3) is 0 Å². The van der Waals surface area contributed by atoms with Gasteiger partial charge in [-0.15, -0.1) is 5.54 Å². The van der Waals surface area contributed by atoms with Crippen LogP contribution in [0.3, 0.4) is 0 Å². The van der Waals surface area contributed by atoms with Gasteiger partial charge in [-0.05, 0) is 51.0 Å². The monoisotopic (exact) mass is 401 g/mol. The highest BCUT2D eigenvalue weighted by molar-refractivity contribution is 6.83. The van der Waals surface area contributed by atoms with Gasteiger partial charge in [0.15, 0.2) is 0 Å². The molecule has 2 N–H and O–H groups in total. The number of hydrogen-bond acceptors (Lipinski definition) is 4. The summed E-state index contributed by atoms with van der Waals surface area (Å²) in [5, 5.41) is 0. The molecule has 1 amide bonds. The maximum Gasteiger partial charge on any atom is 0.410 e. The molecule has 5 nitrogen and oxygen atoms in total. The van der Waals surface area contributed by atoms with Crippen molar-refractivity contribution >= 4 is 19.9 Å². The zero-order valence-electron chi connectivity index (χ0n) is 18.5. The van der Waals surface area contributed by atoms with Crippen molar-refractivity contribution in [3.63, 3.8) is 0 Å². The van der Waals surface area contributed by atoms with Gasteiger partial charge in [0.1, 0.15) is 13.7 Å². The largest absolute Gasteiger partial charge is 0.444 e. The lowest BCUT2D eigenvalue weighted by Gasteiger charge is -2.37. The minimum Gasteiger partial charge on any atom is -0.444 e. The number of carbonyl (C=O) groups excluding carboxylic acids is 1. The van der Waals surface area contributed by atoms with E-state index in [0.717, 1.165) is 24.2 Å². The zero-order chi connectivity index (χ0) is 21.1. The van der Waals surface area contributed by atoms with Crippen molar-refractivity contribution in [1.82, 2.24) is 4.90 Å². The van der Waals surface area contributed by atoms with Gasteiger partial charge in [-0.3, -0.25) is 0 Å². The van der Waals surface area contributed by atoms with E-state index in [2.05, 4.69) is 55.1 Å². The molecule has 0 saturated carbocycles. The van der Waals surface area contributed by atoms with Crippen LogP contribution in [-0.2, 0) is 11.3 Å². The number of amides is 1. The quantitative estimate of drug-likeness (QED) is 0.606. The summed E-state index contributed by atoms with van der Waals surface area (Å²) in [6, 6.07) is 4.28. The number of hydrogen-bond donors (Lipinski definition) is 1. The van der Waals surface area contributed by atoms with E-state index in [1.807, 2.05) is 20.8 Å². The van der Waals surface area contributed by atoms with Gasteiger partial charge in [-0.1, -0.05) is 25.6 Å². The minimum atomic E-state index is -1.45. The van der Waals surface area contributed by atoms with Gasteiger partial charge in [0.2, 0.25) is 0 Å². The molecule has 6 heteroatoms. The lowest BCUT2D eigenvalue weighted by Crippen LogP contribution is -2.50. The van der Waals surface area contributed by atoms with Crippen molar-refractivity contribution in [2.45, 2.75) is 59.5 Å². The van der Waals surface area contributed by atoms with Crippen molar-refractivity contribution in [1.29, 1.82) is 0 Å². The normalized spacial score (nSPS) is 15.1. The highest BCUT2D eigenvalue weighted by Crippen LogP contribution is 2.27. The minimum absolute atomic E-state index is 0.235. The Labute approximate surface area is 171 Å². The van der Waals surface area contributed by atoms with Gasteiger partial charge < -0.3 is 20.3 Å². The molecule has 0 spiro atoms. The van der Waals surface area contributed by atoms with Gasteiger partial charge >= 0.3 is 6.09 Å². The number of benzene rings is 1. The second-order valence-corrected chi connectivity index (χ2v) is 14.2. The first-order valence-corrected chi connectivity index (χ1v) is 13.5. The van der Waals surface area contributed by atoms with Gasteiger partial charge in [-0.25, -0.2) is 4.79 Å². The Morgan fingerprint density at radius 2 is 1.79 bits per heavy atom. The second kappa shape index (κ2) is 8.58. The molecular weight excluding hydrogens is 366 g/mol. The van der Waals surface area contributed by atoms with E-state index in [4.69, 9.17) is 10.5 Å². The predicted molar refractivity (Wildman–Crippen MR) is 119 cm³/mol. The summed E-state index contributed by atoms with van der Waals surface area (Å²) in [4.78, 5) is 16.4. The first kappa shape index (κ1) is 22.3. The Bertz CT molecular complexity index is 774. The van der Waals surface area contributed by atoms with E-state index in [1.165, 1.54) is 11.3 Å². The summed E-state index contributed by atoms with van der Waals surface area (Å²) in [6.07, 6.45) is -0.235. The van der Waals surface area contributed by atoms with Crippen LogP contribution in [0.15, 0.2) is 12.1 Å². The molecular formula is C22H35N3O2Si. The Balaban J connectivity index is 2.20. The van der Waals surface area contributed by atoms with Crippen LogP contribution in [-0.4, -0.2) is 50.8 Å². The Morgan fingerprint density at radius 1 is 1.18 bits per heavy atom. The maximum absolute atomic E-state index is 12.3. The second-order valence-electron chi connectivity index (χ2n) is 9.45. The molecule has 0 aromatic heterocycles. The van der Waals surface area contributed by atoms with Gasteiger partial charge in [0.05, 0.1) is 0 Å². The van der Waals surface area contributed by atoms with Gasteiger partial charge in [0, 0.05) is 44.0 Å². The smallest absolute Gasteiger partial charge is 0.410 e. The zero-order valence-corrected chi connectivity index (χ0v) is 19.5. The number of nitrogens with zero attached hydrogens (tertiary/aromatic N) is 2. The average molecular weight is 402 g/mol. The highest BCUT2D eigenvalue weighted by atomic mass is 28.3. The molecule has 0 unspecified atom stereocenters. The van der Waals surface area contributed by atoms with Crippen molar-refractivity contribution in [2.24, 2.45) is 5.73 Å². The fourth-order valence-electron chi connectivity index (χ4n) is 3.04. The lowest BCUT2D eigenvalue weighted by molar-refractivity contribution is 0.0240. The van der Waals surface area contributed by atoms with E-state index in [1.54, 1.807) is 4.90 Å². The number of rotatable bonds is 2. The van der Waals surface area contributed by atoms with Crippen LogP contribution < -0.4 is 10.6 Å². The third-order valence-electron chi connectivity index (χ3n) is 4.52. The molecule has 1 aromatic carbocycles. The first-order chi connectivity index (χ1) is 12.9. The Hall–Kier alpha value is -1.97. The molecule has 154 valence electrons. The fraction of sp³-hybridized carbons (Fsp3) is 0.591. The molecule has 1 fully saturated rings. The van der Waals surface area contributed by atoms with Crippen LogP contribution in [0.1, 0.15) is 37.5 Å². The summed E-state index contributed by atoms with van der Waals surface area (Å²) in [5.74, 6) is 3.40. The molecule has 1 aliphatic rings. The summed E-state index contributed by atoms with van der Waals surface area (Å²) in [7, 11) is -1.45. The predicted octanol–water partition coefficient (Wildman–Crippen LogP) is 3.74. The number of piperazine rings is 1. The molecule has 2 rings (SSSR count). The highest BCUT2D eigenvalue weighted by Gasteiger charge is 2.26. The lowest BCUT2D eigenvalue weighted by atomic mass is 10.0. The number of carbonyl (C=O) groups is 1. The maximum atomic E-state index is 12.3. The molecule has 0 aliphatic carbocycles. The van der Waals surface area contributed by atoms with E-state index < -0.39 is 13.7 Å². The van der Waals surface area contributed by atoms with E-state index in [0.29, 0.717) is 19.6 Å². The molecule has 0 bridgehead atoms. The van der Waals surface area contributed by atoms with Crippen LogP contribution in [0.2, 0.25) is 19.6 Å².